The van der Waals surface area contributed by atoms with Gasteiger partial charge in [-0.15, -0.1) is 11.3 Å². The van der Waals surface area contributed by atoms with Gasteiger partial charge in [-0.1, -0.05) is 0 Å². The molecule has 0 aliphatic carbocycles. The highest BCUT2D eigenvalue weighted by molar-refractivity contribution is 7.09. The first-order valence-corrected chi connectivity index (χ1v) is 5.93. The van der Waals surface area contributed by atoms with E-state index in [2.05, 4.69) is 15.8 Å². The van der Waals surface area contributed by atoms with E-state index >= 15 is 0 Å². The number of aromatic nitrogens is 1. The maximum Gasteiger partial charge on any atom is 0.0944 e. The predicted molar refractivity (Wildman–Crippen MR) is 62.8 cm³/mol. The van der Waals surface area contributed by atoms with Crippen LogP contribution in [0, 0.1) is 6.92 Å². The number of rotatable bonds is 6. The summed E-state index contributed by atoms with van der Waals surface area (Å²) in [6.45, 7) is 4.04. The van der Waals surface area contributed by atoms with Crippen molar-refractivity contribution in [2.75, 3.05) is 7.11 Å². The van der Waals surface area contributed by atoms with E-state index in [9.17, 15) is 0 Å². The van der Waals surface area contributed by atoms with Crippen LogP contribution in [0.15, 0.2) is 5.38 Å². The van der Waals surface area contributed by atoms with Crippen molar-refractivity contribution in [1.29, 1.82) is 0 Å². The van der Waals surface area contributed by atoms with Gasteiger partial charge in [-0.25, -0.2) is 4.98 Å². The van der Waals surface area contributed by atoms with Gasteiger partial charge in [0, 0.05) is 30.6 Å². The van der Waals surface area contributed by atoms with Crippen LogP contribution in [0.5, 0.6) is 0 Å². The van der Waals surface area contributed by atoms with Crippen LogP contribution in [0.1, 0.15) is 24.0 Å². The summed E-state index contributed by atoms with van der Waals surface area (Å²) in [5.74, 6) is 5.50. The lowest BCUT2D eigenvalue weighted by Gasteiger charge is -2.18. The molecule has 86 valence electrons. The summed E-state index contributed by atoms with van der Waals surface area (Å²) in [7, 11) is 1.71. The molecule has 4 nitrogen and oxygen atoms in total. The van der Waals surface area contributed by atoms with Crippen molar-refractivity contribution in [3.8, 4) is 0 Å². The molecule has 1 aromatic rings. The number of hydrogen-bond donors (Lipinski definition) is 2. The second-order valence-electron chi connectivity index (χ2n) is 3.73. The van der Waals surface area contributed by atoms with Gasteiger partial charge in [-0.3, -0.25) is 11.3 Å². The summed E-state index contributed by atoms with van der Waals surface area (Å²) < 4.78 is 5.21. The number of nitrogens with one attached hydrogen (secondary N) is 1. The third-order valence-electron chi connectivity index (χ3n) is 2.34. The van der Waals surface area contributed by atoms with E-state index in [1.54, 1.807) is 18.4 Å². The molecule has 5 heteroatoms. The Balaban J connectivity index is 2.46. The summed E-state index contributed by atoms with van der Waals surface area (Å²) in [5.41, 5.74) is 3.89. The van der Waals surface area contributed by atoms with Crippen LogP contribution in [0.3, 0.4) is 0 Å². The molecular weight excluding hydrogens is 210 g/mol. The fraction of sp³-hybridized carbons (Fsp3) is 0.700. The van der Waals surface area contributed by atoms with Gasteiger partial charge in [0.25, 0.3) is 0 Å². The molecule has 2 unspecified atom stereocenters. The molecule has 0 saturated heterocycles. The number of ether oxygens (including phenoxy) is 1. The first kappa shape index (κ1) is 12.6. The number of hydrazine groups is 1. The van der Waals surface area contributed by atoms with Crippen molar-refractivity contribution in [2.24, 2.45) is 5.84 Å². The Morgan fingerprint density at radius 2 is 2.40 bits per heavy atom. The van der Waals surface area contributed by atoms with Gasteiger partial charge < -0.3 is 4.74 Å². The van der Waals surface area contributed by atoms with Crippen LogP contribution >= 0.6 is 11.3 Å². The van der Waals surface area contributed by atoms with Gasteiger partial charge in [0.1, 0.15) is 0 Å². The van der Waals surface area contributed by atoms with Crippen molar-refractivity contribution in [2.45, 2.75) is 38.8 Å². The maximum atomic E-state index is 5.50. The largest absolute Gasteiger partial charge is 0.382 e. The quantitative estimate of drug-likeness (QED) is 0.569. The first-order chi connectivity index (χ1) is 7.15. The van der Waals surface area contributed by atoms with E-state index in [1.807, 2.05) is 13.8 Å². The second kappa shape index (κ2) is 6.17. The van der Waals surface area contributed by atoms with Crippen LogP contribution in [0.25, 0.3) is 0 Å². The van der Waals surface area contributed by atoms with Gasteiger partial charge >= 0.3 is 0 Å². The standard InChI is InChI=1S/C10H19N3OS/c1-7-6-15-10(12-7)5-9(13-11)4-8(2)14-3/h6,8-9,13H,4-5,11H2,1-3H3. The zero-order valence-electron chi connectivity index (χ0n) is 9.49. The fourth-order valence-electron chi connectivity index (χ4n) is 1.41. The van der Waals surface area contributed by atoms with E-state index in [4.69, 9.17) is 10.6 Å². The van der Waals surface area contributed by atoms with E-state index in [-0.39, 0.29) is 12.1 Å². The number of nitrogens with two attached hydrogens (primary N) is 1. The van der Waals surface area contributed by atoms with Gasteiger partial charge in [0.05, 0.1) is 11.1 Å². The Hall–Kier alpha value is -0.490. The average molecular weight is 229 g/mol. The van der Waals surface area contributed by atoms with Crippen LogP contribution in [0.4, 0.5) is 0 Å². The molecule has 2 atom stereocenters. The smallest absolute Gasteiger partial charge is 0.0944 e. The molecule has 3 N–H and O–H groups in total. The van der Waals surface area contributed by atoms with E-state index in [0.29, 0.717) is 0 Å². The molecule has 0 spiro atoms. The van der Waals surface area contributed by atoms with Crippen LogP contribution < -0.4 is 11.3 Å². The lowest BCUT2D eigenvalue weighted by atomic mass is 10.1. The lowest BCUT2D eigenvalue weighted by Crippen LogP contribution is -2.39. The molecule has 0 aliphatic rings. The fourth-order valence-corrected chi connectivity index (χ4v) is 2.27. The Kier molecular flexibility index (Phi) is 5.17. The zero-order valence-corrected chi connectivity index (χ0v) is 10.3. The molecule has 0 amide bonds. The normalized spacial score (nSPS) is 15.2. The Bertz CT molecular complexity index is 290. The summed E-state index contributed by atoms with van der Waals surface area (Å²) in [4.78, 5) is 4.41. The molecule has 1 aromatic heterocycles. The minimum Gasteiger partial charge on any atom is -0.382 e. The van der Waals surface area contributed by atoms with Crippen molar-refractivity contribution < 1.29 is 4.74 Å². The summed E-state index contributed by atoms with van der Waals surface area (Å²) in [5, 5.41) is 3.18. The molecule has 0 fully saturated rings. The highest BCUT2D eigenvalue weighted by atomic mass is 32.1. The molecule has 1 rings (SSSR count). The Morgan fingerprint density at radius 3 is 2.87 bits per heavy atom. The van der Waals surface area contributed by atoms with Crippen LogP contribution in [0.2, 0.25) is 0 Å². The van der Waals surface area contributed by atoms with Crippen molar-refractivity contribution in [3.05, 3.63) is 16.1 Å². The Labute approximate surface area is 94.8 Å². The number of aryl methyl sites for hydroxylation is 1. The average Bonchev–Trinajstić information content (AvgIpc) is 2.62. The highest BCUT2D eigenvalue weighted by Gasteiger charge is 2.13. The van der Waals surface area contributed by atoms with E-state index in [0.717, 1.165) is 23.5 Å². The minimum absolute atomic E-state index is 0.215. The molecular formula is C10H19N3OS. The maximum absolute atomic E-state index is 5.50. The van der Waals surface area contributed by atoms with Crippen molar-refractivity contribution >= 4 is 11.3 Å². The molecule has 15 heavy (non-hydrogen) atoms. The van der Waals surface area contributed by atoms with E-state index in [1.165, 1.54) is 0 Å². The summed E-state index contributed by atoms with van der Waals surface area (Å²) in [6.07, 6.45) is 1.97. The summed E-state index contributed by atoms with van der Waals surface area (Å²) in [6, 6.07) is 0.227. The number of hydrogen-bond acceptors (Lipinski definition) is 5. The molecule has 1 heterocycles. The monoisotopic (exact) mass is 229 g/mol. The van der Waals surface area contributed by atoms with Crippen LogP contribution in [-0.4, -0.2) is 24.2 Å². The lowest BCUT2D eigenvalue weighted by molar-refractivity contribution is 0.100. The second-order valence-corrected chi connectivity index (χ2v) is 4.68. The molecule has 0 radical (unpaired) electrons. The minimum atomic E-state index is 0.215. The van der Waals surface area contributed by atoms with Gasteiger partial charge in [0.15, 0.2) is 0 Å². The van der Waals surface area contributed by atoms with Gasteiger partial charge in [-0.05, 0) is 20.3 Å². The third-order valence-corrected chi connectivity index (χ3v) is 3.33. The Morgan fingerprint density at radius 1 is 1.67 bits per heavy atom. The first-order valence-electron chi connectivity index (χ1n) is 5.05. The number of nitrogens with zero attached hydrogens (tertiary/aromatic N) is 1. The topological polar surface area (TPSA) is 60.2 Å². The van der Waals surface area contributed by atoms with Crippen LogP contribution in [-0.2, 0) is 11.2 Å². The van der Waals surface area contributed by atoms with Gasteiger partial charge in [0.2, 0.25) is 0 Å². The number of methoxy groups -OCH3 is 1. The summed E-state index contributed by atoms with van der Waals surface area (Å²) >= 11 is 1.68. The SMILES string of the molecule is COC(C)CC(Cc1nc(C)cs1)NN. The van der Waals surface area contributed by atoms with E-state index < -0.39 is 0 Å². The van der Waals surface area contributed by atoms with Crippen molar-refractivity contribution in [3.63, 3.8) is 0 Å². The zero-order chi connectivity index (χ0) is 11.3. The number of thiazole rings is 1. The third kappa shape index (κ3) is 4.25. The highest BCUT2D eigenvalue weighted by Crippen LogP contribution is 2.13. The molecule has 0 bridgehead atoms. The van der Waals surface area contributed by atoms with Crippen molar-refractivity contribution in [1.82, 2.24) is 10.4 Å². The molecule has 0 aliphatic heterocycles. The van der Waals surface area contributed by atoms with Gasteiger partial charge in [-0.2, -0.15) is 0 Å². The molecule has 0 saturated carbocycles. The predicted octanol–water partition coefficient (Wildman–Crippen LogP) is 1.25. The molecule has 0 aromatic carbocycles.